The Morgan fingerprint density at radius 2 is 1.79 bits per heavy atom. The van der Waals surface area contributed by atoms with Gasteiger partial charge < -0.3 is 21.1 Å². The third-order valence-electron chi connectivity index (χ3n) is 6.51. The van der Waals surface area contributed by atoms with Gasteiger partial charge in [-0.05, 0) is 68.0 Å². The molecule has 1 aliphatic carbocycles. The molecule has 3 aromatic rings. The number of ether oxygens (including phenoxy) is 1. The molecule has 39 heavy (non-hydrogen) atoms. The molecule has 4 rings (SSSR count). The molecule has 1 saturated carbocycles. The number of benzene rings is 2. The lowest BCUT2D eigenvalue weighted by molar-refractivity contribution is -0.388. The van der Waals surface area contributed by atoms with Crippen LogP contribution in [-0.4, -0.2) is 40.5 Å². The van der Waals surface area contributed by atoms with Crippen molar-refractivity contribution >= 4 is 39.9 Å². The largest absolute Gasteiger partial charge is 0.423 e. The van der Waals surface area contributed by atoms with Crippen molar-refractivity contribution in [2.24, 2.45) is 5.73 Å². The lowest BCUT2D eigenvalue weighted by Gasteiger charge is -2.30. The maximum absolute atomic E-state index is 13.2. The Balaban J connectivity index is 1.27. The van der Waals surface area contributed by atoms with Gasteiger partial charge in [0.15, 0.2) is 0 Å². The normalized spacial score (nSPS) is 17.5. The Kier molecular flexibility index (Phi) is 8.29. The van der Waals surface area contributed by atoms with Crippen LogP contribution in [0.3, 0.4) is 0 Å². The average molecular weight is 546 g/mol. The Morgan fingerprint density at radius 3 is 2.46 bits per heavy atom. The minimum atomic E-state index is -4.82. The summed E-state index contributed by atoms with van der Waals surface area (Å²) in [6.07, 6.45) is -1.38. The van der Waals surface area contributed by atoms with E-state index in [0.29, 0.717) is 31.4 Å². The van der Waals surface area contributed by atoms with E-state index in [2.05, 4.69) is 15.6 Å². The monoisotopic (exact) mass is 545 g/mol. The number of pyridine rings is 1. The predicted molar refractivity (Wildman–Crippen MR) is 137 cm³/mol. The van der Waals surface area contributed by atoms with E-state index >= 15 is 0 Å². The van der Waals surface area contributed by atoms with Crippen molar-refractivity contribution in [3.63, 3.8) is 0 Å². The molecule has 0 unspecified atom stereocenters. The zero-order chi connectivity index (χ0) is 28.2. The van der Waals surface area contributed by atoms with Gasteiger partial charge >= 0.3 is 18.0 Å². The Hall–Kier alpha value is -4.26. The molecule has 4 N–H and O–H groups in total. The van der Waals surface area contributed by atoms with E-state index in [1.54, 1.807) is 12.1 Å². The Morgan fingerprint density at radius 1 is 1.08 bits per heavy atom. The second-order valence-corrected chi connectivity index (χ2v) is 9.27. The molecule has 2 amide bonds. The fourth-order valence-corrected chi connectivity index (χ4v) is 4.53. The molecular weight excluding hydrogens is 519 g/mol. The van der Waals surface area contributed by atoms with Crippen molar-refractivity contribution in [1.29, 1.82) is 0 Å². The van der Waals surface area contributed by atoms with E-state index in [-0.39, 0.29) is 23.7 Å². The minimum absolute atomic E-state index is 0.0137. The van der Waals surface area contributed by atoms with Crippen LogP contribution in [0, 0.1) is 10.1 Å². The molecular formula is C26H26F3N5O5. The van der Waals surface area contributed by atoms with E-state index < -0.39 is 34.2 Å². The van der Waals surface area contributed by atoms with Crippen LogP contribution in [0.1, 0.15) is 36.8 Å². The third kappa shape index (κ3) is 7.19. The van der Waals surface area contributed by atoms with Gasteiger partial charge in [0.25, 0.3) is 5.69 Å². The number of nitrogens with zero attached hydrogens (tertiary/aromatic N) is 2. The minimum Gasteiger partial charge on any atom is -0.382 e. The Labute approximate surface area is 220 Å². The predicted octanol–water partition coefficient (Wildman–Crippen LogP) is 4.57. The highest BCUT2D eigenvalue weighted by molar-refractivity contribution is 6.39. The van der Waals surface area contributed by atoms with Gasteiger partial charge in [0.05, 0.1) is 23.2 Å². The van der Waals surface area contributed by atoms with Crippen LogP contribution < -0.4 is 16.4 Å². The number of nitrogens with two attached hydrogens (primary N) is 1. The molecule has 10 nitrogen and oxygen atoms in total. The summed E-state index contributed by atoms with van der Waals surface area (Å²) in [7, 11) is 0. The van der Waals surface area contributed by atoms with Crippen LogP contribution in [0.25, 0.3) is 10.9 Å². The zero-order valence-corrected chi connectivity index (χ0v) is 20.7. The highest BCUT2D eigenvalue weighted by Crippen LogP contribution is 2.38. The van der Waals surface area contributed by atoms with E-state index in [4.69, 9.17) is 10.5 Å². The fourth-order valence-electron chi connectivity index (χ4n) is 4.53. The number of nitrogens with one attached hydrogen (secondary N) is 2. The summed E-state index contributed by atoms with van der Waals surface area (Å²) in [5, 5.41) is 17.2. The zero-order valence-electron chi connectivity index (χ0n) is 20.7. The molecule has 206 valence electrons. The lowest BCUT2D eigenvalue weighted by Crippen LogP contribution is -2.30. The van der Waals surface area contributed by atoms with Crippen LogP contribution in [0.5, 0.6) is 0 Å². The van der Waals surface area contributed by atoms with Crippen LogP contribution in [0.2, 0.25) is 0 Å². The first-order chi connectivity index (χ1) is 18.5. The van der Waals surface area contributed by atoms with Crippen LogP contribution >= 0.6 is 0 Å². The maximum Gasteiger partial charge on any atom is 0.423 e. The average Bonchev–Trinajstić information content (AvgIpc) is 2.89. The number of rotatable bonds is 8. The van der Waals surface area contributed by atoms with Gasteiger partial charge in [0.2, 0.25) is 0 Å². The van der Waals surface area contributed by atoms with Crippen LogP contribution in [0.15, 0.2) is 48.5 Å². The molecule has 1 aliphatic rings. The summed E-state index contributed by atoms with van der Waals surface area (Å²) < 4.78 is 45.8. The van der Waals surface area contributed by atoms with Gasteiger partial charge in [0.1, 0.15) is 11.4 Å². The first-order valence-corrected chi connectivity index (χ1v) is 12.2. The van der Waals surface area contributed by atoms with Crippen molar-refractivity contribution in [1.82, 2.24) is 4.98 Å². The van der Waals surface area contributed by atoms with Gasteiger partial charge in [-0.1, -0.05) is 12.1 Å². The van der Waals surface area contributed by atoms with Gasteiger partial charge in [0, 0.05) is 23.2 Å². The number of nitro benzene ring substituents is 1. The number of anilines is 2. The number of carbonyl (C=O) groups excluding carboxylic acids is 2. The first kappa shape index (κ1) is 27.8. The fraction of sp³-hybridized carbons (Fsp3) is 0.346. The highest BCUT2D eigenvalue weighted by Gasteiger charge is 2.38. The van der Waals surface area contributed by atoms with E-state index in [1.165, 1.54) is 6.07 Å². The number of carbonyl (C=O) groups is 2. The second kappa shape index (κ2) is 11.6. The number of primary amides is 1. The van der Waals surface area contributed by atoms with Gasteiger partial charge in [-0.2, -0.15) is 13.2 Å². The molecule has 0 saturated heterocycles. The number of aromatic nitrogens is 1. The molecule has 0 bridgehead atoms. The molecule has 1 heterocycles. The second-order valence-electron chi connectivity index (χ2n) is 9.27. The number of hydrogen-bond acceptors (Lipinski definition) is 7. The third-order valence-corrected chi connectivity index (χ3v) is 6.51. The van der Waals surface area contributed by atoms with Crippen molar-refractivity contribution in [3.05, 3.63) is 69.8 Å². The van der Waals surface area contributed by atoms with Gasteiger partial charge in [-0.25, -0.2) is 4.98 Å². The number of hydrogen-bond donors (Lipinski definition) is 3. The van der Waals surface area contributed by atoms with Gasteiger partial charge in [-0.3, -0.25) is 19.7 Å². The Bertz CT molecular complexity index is 1390. The van der Waals surface area contributed by atoms with Crippen LogP contribution in [0.4, 0.5) is 30.4 Å². The van der Waals surface area contributed by atoms with E-state index in [1.807, 2.05) is 18.2 Å². The number of amides is 2. The molecule has 0 radical (unpaired) electrons. The topological polar surface area (TPSA) is 149 Å². The molecule has 1 aromatic heterocycles. The highest BCUT2D eigenvalue weighted by atomic mass is 19.4. The van der Waals surface area contributed by atoms with Crippen molar-refractivity contribution < 1.29 is 32.4 Å². The number of halogens is 3. The first-order valence-electron chi connectivity index (χ1n) is 12.2. The SMILES string of the molecule is NC(=O)C(=O)Nc1ccc2ccc(CCOC3CCC(Nc4ccc([N+](=O)[O-])c(C(F)(F)F)c4)CC3)cc2n1. The van der Waals surface area contributed by atoms with Crippen LogP contribution in [-0.2, 0) is 26.9 Å². The molecule has 0 atom stereocenters. The molecule has 0 aliphatic heterocycles. The summed E-state index contributed by atoms with van der Waals surface area (Å²) in [5.74, 6) is -1.84. The number of nitro groups is 1. The maximum atomic E-state index is 13.2. The molecule has 0 spiro atoms. The van der Waals surface area contributed by atoms with Crippen molar-refractivity contribution in [3.8, 4) is 0 Å². The standard InChI is InChI=1S/C26H26F3N5O5/c27-26(28,29)20-14-18(6-9-22(20)34(37)38)31-17-4-7-19(8-5-17)39-12-11-15-1-2-16-3-10-23(32-21(16)13-15)33-25(36)24(30)35/h1-3,6,9-10,13-14,17,19,31H,4-5,7-8,11-12H2,(H2,30,35)(H,32,33,36). The summed E-state index contributed by atoms with van der Waals surface area (Å²) >= 11 is 0. The summed E-state index contributed by atoms with van der Waals surface area (Å²) in [6, 6.07) is 12.0. The molecule has 13 heteroatoms. The quantitative estimate of drug-likeness (QED) is 0.213. The van der Waals surface area contributed by atoms with E-state index in [9.17, 15) is 32.9 Å². The number of alkyl halides is 3. The molecule has 1 fully saturated rings. The molecule has 2 aromatic carbocycles. The van der Waals surface area contributed by atoms with Gasteiger partial charge in [-0.15, -0.1) is 0 Å². The van der Waals surface area contributed by atoms with E-state index in [0.717, 1.165) is 35.9 Å². The lowest BCUT2D eigenvalue weighted by atomic mass is 9.92. The summed E-state index contributed by atoms with van der Waals surface area (Å²) in [6.45, 7) is 0.462. The number of fused-ring (bicyclic) bond motifs is 1. The van der Waals surface area contributed by atoms with Crippen molar-refractivity contribution in [2.45, 2.75) is 50.4 Å². The summed E-state index contributed by atoms with van der Waals surface area (Å²) in [4.78, 5) is 36.7. The smallest absolute Gasteiger partial charge is 0.382 e. The van der Waals surface area contributed by atoms with Crippen molar-refractivity contribution in [2.75, 3.05) is 17.2 Å². The summed E-state index contributed by atoms with van der Waals surface area (Å²) in [5.41, 5.74) is 4.52.